The maximum atomic E-state index is 6.48. The van der Waals surface area contributed by atoms with Crippen molar-refractivity contribution in [2.45, 2.75) is 25.8 Å². The first-order valence-electron chi connectivity index (χ1n) is 7.05. The minimum Gasteiger partial charge on any atom is -0.497 e. The summed E-state index contributed by atoms with van der Waals surface area (Å²) in [5.41, 5.74) is 8.09. The van der Waals surface area contributed by atoms with Crippen molar-refractivity contribution < 1.29 is 9.47 Å². The molecule has 4 nitrogen and oxygen atoms in total. The average Bonchev–Trinajstić information content (AvgIpc) is 2.48. The molecule has 0 saturated heterocycles. The fraction of sp³-hybridized carbons (Fsp3) is 0.353. The van der Waals surface area contributed by atoms with E-state index in [1.807, 2.05) is 44.2 Å². The van der Waals surface area contributed by atoms with E-state index in [2.05, 4.69) is 4.98 Å². The summed E-state index contributed by atoms with van der Waals surface area (Å²) in [6.07, 6.45) is 4.22. The van der Waals surface area contributed by atoms with Gasteiger partial charge in [0.15, 0.2) is 0 Å². The zero-order valence-corrected chi connectivity index (χ0v) is 12.8. The molecule has 2 aromatic rings. The molecule has 0 amide bonds. The number of aromatic nitrogens is 1. The van der Waals surface area contributed by atoms with Crippen molar-refractivity contribution in [2.75, 3.05) is 13.7 Å². The highest BCUT2D eigenvalue weighted by Crippen LogP contribution is 2.25. The fourth-order valence-corrected chi connectivity index (χ4v) is 2.25. The maximum absolute atomic E-state index is 6.48. The van der Waals surface area contributed by atoms with Gasteiger partial charge in [0.25, 0.3) is 0 Å². The fourth-order valence-electron chi connectivity index (χ4n) is 2.25. The van der Waals surface area contributed by atoms with Crippen molar-refractivity contribution in [1.29, 1.82) is 0 Å². The van der Waals surface area contributed by atoms with Crippen LogP contribution in [0.5, 0.6) is 11.5 Å². The van der Waals surface area contributed by atoms with Crippen molar-refractivity contribution in [3.05, 3.63) is 53.9 Å². The highest BCUT2D eigenvalue weighted by Gasteiger charge is 2.22. The number of nitrogens with zero attached hydrogens (tertiary/aromatic N) is 1. The van der Waals surface area contributed by atoms with E-state index >= 15 is 0 Å². The van der Waals surface area contributed by atoms with Gasteiger partial charge in [0.05, 0.1) is 19.9 Å². The molecule has 1 aromatic carbocycles. The second kappa shape index (κ2) is 6.59. The predicted octanol–water partition coefficient (Wildman–Crippen LogP) is 2.91. The van der Waals surface area contributed by atoms with E-state index in [0.717, 1.165) is 22.6 Å². The van der Waals surface area contributed by atoms with Crippen LogP contribution >= 0.6 is 0 Å². The van der Waals surface area contributed by atoms with E-state index in [4.69, 9.17) is 15.2 Å². The minimum atomic E-state index is -0.505. The lowest BCUT2D eigenvalue weighted by atomic mass is 9.87. The van der Waals surface area contributed by atoms with E-state index in [1.54, 1.807) is 19.5 Å². The van der Waals surface area contributed by atoms with E-state index < -0.39 is 5.54 Å². The van der Waals surface area contributed by atoms with Gasteiger partial charge >= 0.3 is 0 Å². The van der Waals surface area contributed by atoms with Crippen LogP contribution in [-0.2, 0) is 12.0 Å². The topological polar surface area (TPSA) is 57.4 Å². The highest BCUT2D eigenvalue weighted by molar-refractivity contribution is 5.33. The molecule has 0 aliphatic rings. The molecule has 0 aliphatic carbocycles. The summed E-state index contributed by atoms with van der Waals surface area (Å²) in [6.45, 7) is 4.57. The van der Waals surface area contributed by atoms with Gasteiger partial charge in [-0.3, -0.25) is 4.98 Å². The summed E-state index contributed by atoms with van der Waals surface area (Å²) in [7, 11) is 1.66. The zero-order chi connectivity index (χ0) is 15.3. The molecular formula is C17H22N2O2. The van der Waals surface area contributed by atoms with Crippen LogP contribution in [0.4, 0.5) is 0 Å². The maximum Gasteiger partial charge on any atom is 0.137 e. The summed E-state index contributed by atoms with van der Waals surface area (Å²) in [5, 5.41) is 0. The van der Waals surface area contributed by atoms with Crippen LogP contribution in [0.15, 0.2) is 42.7 Å². The summed E-state index contributed by atoms with van der Waals surface area (Å²) in [5.74, 6) is 1.60. The Morgan fingerprint density at radius 1 is 1.14 bits per heavy atom. The second-order valence-electron chi connectivity index (χ2n) is 5.28. The van der Waals surface area contributed by atoms with Crippen molar-refractivity contribution in [3.8, 4) is 11.5 Å². The summed E-state index contributed by atoms with van der Waals surface area (Å²) < 4.78 is 10.7. The first-order valence-corrected chi connectivity index (χ1v) is 7.05. The predicted molar refractivity (Wildman–Crippen MR) is 83.6 cm³/mol. The number of hydrogen-bond donors (Lipinski definition) is 1. The molecule has 4 heteroatoms. The number of benzene rings is 1. The third-order valence-corrected chi connectivity index (χ3v) is 3.41. The van der Waals surface area contributed by atoms with E-state index in [1.165, 1.54) is 0 Å². The molecule has 112 valence electrons. The molecular weight excluding hydrogens is 264 g/mol. The molecule has 1 atom stereocenters. The van der Waals surface area contributed by atoms with E-state index in [0.29, 0.717) is 13.0 Å². The third kappa shape index (κ3) is 3.95. The van der Waals surface area contributed by atoms with Gasteiger partial charge in [-0.1, -0.05) is 12.1 Å². The highest BCUT2D eigenvalue weighted by atomic mass is 16.5. The Balaban J connectivity index is 2.18. The van der Waals surface area contributed by atoms with Crippen LogP contribution in [0, 0.1) is 0 Å². The molecule has 0 aliphatic heterocycles. The van der Waals surface area contributed by atoms with Gasteiger partial charge in [0.1, 0.15) is 11.5 Å². The van der Waals surface area contributed by atoms with Gasteiger partial charge in [-0.25, -0.2) is 0 Å². The SMILES string of the molecule is CCOc1cncc(C(C)(N)Cc2ccc(OC)cc2)c1. The van der Waals surface area contributed by atoms with Crippen LogP contribution in [0.1, 0.15) is 25.0 Å². The molecule has 2 rings (SSSR count). The van der Waals surface area contributed by atoms with E-state index in [-0.39, 0.29) is 0 Å². The first kappa shape index (κ1) is 15.3. The van der Waals surface area contributed by atoms with Crippen molar-refractivity contribution >= 4 is 0 Å². The van der Waals surface area contributed by atoms with Gasteiger partial charge in [0, 0.05) is 11.7 Å². The number of pyridine rings is 1. The lowest BCUT2D eigenvalue weighted by molar-refractivity contribution is 0.337. The minimum absolute atomic E-state index is 0.505. The van der Waals surface area contributed by atoms with Crippen LogP contribution in [0.3, 0.4) is 0 Å². The summed E-state index contributed by atoms with van der Waals surface area (Å²) >= 11 is 0. The number of nitrogens with two attached hydrogens (primary N) is 1. The Morgan fingerprint density at radius 2 is 1.86 bits per heavy atom. The molecule has 0 fully saturated rings. The van der Waals surface area contributed by atoms with Gasteiger partial charge in [-0.2, -0.15) is 0 Å². The Bertz CT molecular complexity index is 580. The van der Waals surface area contributed by atoms with Crippen molar-refractivity contribution in [3.63, 3.8) is 0 Å². The van der Waals surface area contributed by atoms with Gasteiger partial charge in [-0.15, -0.1) is 0 Å². The van der Waals surface area contributed by atoms with Gasteiger partial charge in [-0.05, 0) is 49.6 Å². The number of rotatable bonds is 6. The lowest BCUT2D eigenvalue weighted by Crippen LogP contribution is -2.35. The normalized spacial score (nSPS) is 13.5. The molecule has 0 saturated carbocycles. The standard InChI is InChI=1S/C17H22N2O2/c1-4-21-16-9-14(11-19-12-16)17(2,18)10-13-5-7-15(20-3)8-6-13/h5-9,11-12H,4,10,18H2,1-3H3. The molecule has 1 unspecified atom stereocenters. The van der Waals surface area contributed by atoms with Crippen LogP contribution in [-0.4, -0.2) is 18.7 Å². The number of hydrogen-bond acceptors (Lipinski definition) is 4. The smallest absolute Gasteiger partial charge is 0.137 e. The Morgan fingerprint density at radius 3 is 2.48 bits per heavy atom. The summed E-state index contributed by atoms with van der Waals surface area (Å²) in [6, 6.07) is 9.91. The van der Waals surface area contributed by atoms with E-state index in [9.17, 15) is 0 Å². The Labute approximate surface area is 125 Å². The zero-order valence-electron chi connectivity index (χ0n) is 12.8. The molecule has 1 aromatic heterocycles. The summed E-state index contributed by atoms with van der Waals surface area (Å²) in [4.78, 5) is 4.21. The third-order valence-electron chi connectivity index (χ3n) is 3.41. The van der Waals surface area contributed by atoms with Crippen LogP contribution < -0.4 is 15.2 Å². The van der Waals surface area contributed by atoms with Gasteiger partial charge in [0.2, 0.25) is 0 Å². The van der Waals surface area contributed by atoms with Crippen molar-refractivity contribution in [1.82, 2.24) is 4.98 Å². The van der Waals surface area contributed by atoms with Crippen LogP contribution in [0.2, 0.25) is 0 Å². The number of ether oxygens (including phenoxy) is 2. The Kier molecular flexibility index (Phi) is 4.81. The number of methoxy groups -OCH3 is 1. The molecule has 21 heavy (non-hydrogen) atoms. The first-order chi connectivity index (χ1) is 10.0. The average molecular weight is 286 g/mol. The molecule has 0 radical (unpaired) electrons. The molecule has 0 spiro atoms. The largest absolute Gasteiger partial charge is 0.497 e. The Hall–Kier alpha value is -2.07. The lowest BCUT2D eigenvalue weighted by Gasteiger charge is -2.25. The monoisotopic (exact) mass is 286 g/mol. The van der Waals surface area contributed by atoms with Crippen molar-refractivity contribution in [2.24, 2.45) is 5.73 Å². The molecule has 0 bridgehead atoms. The molecule has 1 heterocycles. The van der Waals surface area contributed by atoms with Gasteiger partial charge < -0.3 is 15.2 Å². The van der Waals surface area contributed by atoms with Crippen LogP contribution in [0.25, 0.3) is 0 Å². The second-order valence-corrected chi connectivity index (χ2v) is 5.28. The quantitative estimate of drug-likeness (QED) is 0.887. The molecule has 2 N–H and O–H groups in total.